The van der Waals surface area contributed by atoms with E-state index in [9.17, 15) is 0 Å². The van der Waals surface area contributed by atoms with E-state index in [0.717, 1.165) is 17.6 Å². The lowest BCUT2D eigenvalue weighted by Crippen LogP contribution is -2.44. The highest BCUT2D eigenvalue weighted by molar-refractivity contribution is 9.10. The summed E-state index contributed by atoms with van der Waals surface area (Å²) >= 11 is 3.73. The highest BCUT2D eigenvalue weighted by Gasteiger charge is 2.39. The van der Waals surface area contributed by atoms with Crippen molar-refractivity contribution >= 4 is 26.8 Å². The molecular weight excluding hydrogens is 336 g/mol. The van der Waals surface area contributed by atoms with Crippen molar-refractivity contribution < 1.29 is 0 Å². The number of benzene rings is 2. The number of likely N-dealkylation sites (N-methyl/N-ethyl adjacent to an activating group) is 1. The number of hydrogen-bond acceptors (Lipinski definition) is 1. The van der Waals surface area contributed by atoms with Crippen molar-refractivity contribution in [1.29, 1.82) is 0 Å². The molecule has 1 aliphatic carbocycles. The number of halogens is 1. The Morgan fingerprint density at radius 1 is 1.09 bits per heavy atom. The largest absolute Gasteiger partial charge is 0.349 e. The van der Waals surface area contributed by atoms with Crippen LogP contribution >= 0.6 is 15.9 Å². The van der Waals surface area contributed by atoms with Gasteiger partial charge >= 0.3 is 0 Å². The first-order valence-electron chi connectivity index (χ1n) is 7.81. The normalized spacial score (nSPS) is 23.4. The Morgan fingerprint density at radius 2 is 1.91 bits per heavy atom. The van der Waals surface area contributed by atoms with Crippen LogP contribution in [0.4, 0.5) is 0 Å². The second-order valence-corrected chi connectivity index (χ2v) is 7.34. The Balaban J connectivity index is 1.85. The highest BCUT2D eigenvalue weighted by Crippen LogP contribution is 2.47. The second kappa shape index (κ2) is 4.46. The van der Waals surface area contributed by atoms with E-state index in [4.69, 9.17) is 0 Å². The molecule has 3 heteroatoms. The molecule has 2 atom stereocenters. The second-order valence-electron chi connectivity index (χ2n) is 6.55. The molecule has 0 saturated carbocycles. The predicted molar refractivity (Wildman–Crippen MR) is 93.2 cm³/mol. The maximum atomic E-state index is 3.73. The summed E-state index contributed by atoms with van der Waals surface area (Å²) in [4.78, 5) is 6.03. The van der Waals surface area contributed by atoms with Crippen LogP contribution in [-0.2, 0) is 13.0 Å². The van der Waals surface area contributed by atoms with E-state index in [1.807, 2.05) is 0 Å². The molecule has 0 bridgehead atoms. The maximum Gasteiger partial charge on any atom is 0.0864 e. The Kier molecular flexibility index (Phi) is 2.62. The van der Waals surface area contributed by atoms with Crippen LogP contribution in [0.15, 0.2) is 47.1 Å². The van der Waals surface area contributed by atoms with Crippen LogP contribution in [0, 0.1) is 0 Å². The molecule has 0 fully saturated rings. The molecule has 0 radical (unpaired) electrons. The third-order valence-corrected chi connectivity index (χ3v) is 6.09. The lowest BCUT2D eigenvalue weighted by atomic mass is 9.72. The predicted octanol–water partition coefficient (Wildman–Crippen LogP) is 4.43. The van der Waals surface area contributed by atoms with Crippen molar-refractivity contribution in [3.05, 3.63) is 69.3 Å². The Hall–Kier alpha value is -1.58. The van der Waals surface area contributed by atoms with Crippen molar-refractivity contribution in [1.82, 2.24) is 9.88 Å². The van der Waals surface area contributed by atoms with Gasteiger partial charge in [-0.3, -0.25) is 4.90 Å². The quantitative estimate of drug-likeness (QED) is 0.633. The van der Waals surface area contributed by atoms with Crippen molar-refractivity contribution in [3.8, 4) is 0 Å². The molecule has 2 heterocycles. The van der Waals surface area contributed by atoms with Crippen LogP contribution in [-0.4, -0.2) is 23.0 Å². The molecular formula is C19H17BrN2. The van der Waals surface area contributed by atoms with Gasteiger partial charge in [0.15, 0.2) is 0 Å². The number of nitrogens with one attached hydrogen (secondary N) is 1. The molecule has 1 N–H and O–H groups in total. The standard InChI is InChI=1S/C19H17BrN2/c1-22-10-11-5-2-3-6-12(11)18-13-7-4-8-15-17(13)14(9-16(18)22)19(20)21-15/h2-8,16,18,21H,9-10H2,1H3/t16-,18-/m0/s1. The summed E-state index contributed by atoms with van der Waals surface area (Å²) in [6.45, 7) is 1.05. The third-order valence-electron chi connectivity index (χ3n) is 5.42. The highest BCUT2D eigenvalue weighted by atomic mass is 79.9. The van der Waals surface area contributed by atoms with Gasteiger partial charge in [0.05, 0.1) is 4.60 Å². The van der Waals surface area contributed by atoms with Gasteiger partial charge in [0.1, 0.15) is 0 Å². The molecule has 0 amide bonds. The molecule has 0 saturated heterocycles. The fourth-order valence-corrected chi connectivity index (χ4v) is 5.03. The summed E-state index contributed by atoms with van der Waals surface area (Å²) in [5, 5.41) is 1.43. The van der Waals surface area contributed by atoms with Gasteiger partial charge in [-0.05, 0) is 57.7 Å². The zero-order valence-electron chi connectivity index (χ0n) is 12.4. The number of hydrogen-bond donors (Lipinski definition) is 1. The van der Waals surface area contributed by atoms with Gasteiger partial charge in [0.25, 0.3) is 0 Å². The number of aromatic amines is 1. The maximum absolute atomic E-state index is 3.73. The van der Waals surface area contributed by atoms with E-state index >= 15 is 0 Å². The van der Waals surface area contributed by atoms with Gasteiger partial charge in [-0.15, -0.1) is 0 Å². The molecule has 2 aliphatic rings. The van der Waals surface area contributed by atoms with Gasteiger partial charge in [0, 0.05) is 29.4 Å². The smallest absolute Gasteiger partial charge is 0.0864 e. The monoisotopic (exact) mass is 352 g/mol. The van der Waals surface area contributed by atoms with E-state index in [0.29, 0.717) is 12.0 Å². The number of fused-ring (bicyclic) bond motifs is 4. The summed E-state index contributed by atoms with van der Waals surface area (Å²) in [5.41, 5.74) is 7.16. The molecule has 2 nitrogen and oxygen atoms in total. The molecule has 22 heavy (non-hydrogen) atoms. The summed E-state index contributed by atoms with van der Waals surface area (Å²) in [6, 6.07) is 16.2. The number of rotatable bonds is 0. The van der Waals surface area contributed by atoms with Crippen LogP contribution in [0.1, 0.15) is 28.2 Å². The molecule has 1 aromatic heterocycles. The average Bonchev–Trinajstić information content (AvgIpc) is 2.85. The van der Waals surface area contributed by atoms with Gasteiger partial charge in [-0.1, -0.05) is 36.4 Å². The van der Waals surface area contributed by atoms with Crippen molar-refractivity contribution in [3.63, 3.8) is 0 Å². The van der Waals surface area contributed by atoms with Gasteiger partial charge in [-0.2, -0.15) is 0 Å². The summed E-state index contributed by atoms with van der Waals surface area (Å²) in [5.74, 6) is 0.480. The van der Waals surface area contributed by atoms with Gasteiger partial charge < -0.3 is 4.98 Å². The zero-order chi connectivity index (χ0) is 14.8. The molecule has 0 spiro atoms. The topological polar surface area (TPSA) is 19.0 Å². The van der Waals surface area contributed by atoms with Gasteiger partial charge in [-0.25, -0.2) is 0 Å². The zero-order valence-corrected chi connectivity index (χ0v) is 14.0. The van der Waals surface area contributed by atoms with Crippen LogP contribution in [0.3, 0.4) is 0 Å². The fraction of sp³-hybridized carbons (Fsp3) is 0.263. The van der Waals surface area contributed by atoms with Gasteiger partial charge in [0.2, 0.25) is 0 Å². The molecule has 3 aromatic rings. The lowest BCUT2D eigenvalue weighted by Gasteiger charge is -2.43. The molecule has 2 aromatic carbocycles. The average molecular weight is 353 g/mol. The summed E-state index contributed by atoms with van der Waals surface area (Å²) < 4.78 is 1.15. The summed E-state index contributed by atoms with van der Waals surface area (Å²) in [7, 11) is 2.26. The third kappa shape index (κ3) is 1.58. The minimum atomic E-state index is 0.480. The molecule has 5 rings (SSSR count). The lowest BCUT2D eigenvalue weighted by molar-refractivity contribution is 0.193. The minimum Gasteiger partial charge on any atom is -0.349 e. The van der Waals surface area contributed by atoms with Crippen molar-refractivity contribution in [2.75, 3.05) is 7.05 Å². The Bertz CT molecular complexity index is 896. The minimum absolute atomic E-state index is 0.480. The van der Waals surface area contributed by atoms with Crippen LogP contribution in [0.5, 0.6) is 0 Å². The van der Waals surface area contributed by atoms with Crippen molar-refractivity contribution in [2.24, 2.45) is 0 Å². The number of H-pyrrole nitrogens is 1. The van der Waals surface area contributed by atoms with E-state index in [-0.39, 0.29) is 0 Å². The first kappa shape index (κ1) is 12.9. The molecule has 110 valence electrons. The van der Waals surface area contributed by atoms with Crippen LogP contribution in [0.25, 0.3) is 10.9 Å². The number of nitrogens with zero attached hydrogens (tertiary/aromatic N) is 1. The number of aromatic nitrogens is 1. The Labute approximate surface area is 138 Å². The fourth-order valence-electron chi connectivity index (χ4n) is 4.45. The van der Waals surface area contributed by atoms with E-state index < -0.39 is 0 Å². The Morgan fingerprint density at radius 3 is 2.82 bits per heavy atom. The van der Waals surface area contributed by atoms with Crippen LogP contribution < -0.4 is 0 Å². The first-order valence-corrected chi connectivity index (χ1v) is 8.60. The van der Waals surface area contributed by atoms with E-state index in [2.05, 4.69) is 75.3 Å². The first-order chi connectivity index (χ1) is 10.7. The van der Waals surface area contributed by atoms with E-state index in [1.165, 1.54) is 33.2 Å². The molecule has 0 unspecified atom stereocenters. The van der Waals surface area contributed by atoms with Crippen LogP contribution in [0.2, 0.25) is 0 Å². The van der Waals surface area contributed by atoms with Crippen molar-refractivity contribution in [2.45, 2.75) is 24.9 Å². The molecule has 1 aliphatic heterocycles. The SMILES string of the molecule is CN1Cc2ccccc2[C@H]2c3cccc4[nH]c(Br)c(c34)C[C@@H]21. The van der Waals surface area contributed by atoms with E-state index in [1.54, 1.807) is 0 Å². The summed E-state index contributed by atoms with van der Waals surface area (Å²) in [6.07, 6.45) is 1.10.